The van der Waals surface area contributed by atoms with Crippen molar-refractivity contribution in [2.75, 3.05) is 21.3 Å². The van der Waals surface area contributed by atoms with Crippen LogP contribution in [0.3, 0.4) is 0 Å². The number of rotatable bonds is 8. The second kappa shape index (κ2) is 30.2. The van der Waals surface area contributed by atoms with E-state index in [0.29, 0.717) is 22.3 Å². The highest BCUT2D eigenvalue weighted by Gasteiger charge is 2.55. The lowest BCUT2D eigenvalue weighted by molar-refractivity contribution is -0.181. The van der Waals surface area contributed by atoms with Crippen LogP contribution in [0, 0.1) is 5.41 Å². The Morgan fingerprint density at radius 2 is 0.640 bits per heavy atom. The van der Waals surface area contributed by atoms with Gasteiger partial charge >= 0.3 is 29.8 Å². The molecular weight excluding hydrogens is 1080 g/mol. The van der Waals surface area contributed by atoms with Crippen LogP contribution in [-0.4, -0.2) is 51.2 Å². The fourth-order valence-corrected chi connectivity index (χ4v) is 13.3. The highest BCUT2D eigenvalue weighted by atomic mass is 16.6. The second-order valence-electron chi connectivity index (χ2n) is 26.3. The smallest absolute Gasteiger partial charge is 0.334 e. The monoisotopic (exact) mass is 1180 g/mol. The lowest BCUT2D eigenvalue weighted by Crippen LogP contribution is -2.51. The number of methoxy groups -OCH3 is 2. The minimum atomic E-state index is -0.546. The Labute approximate surface area is 517 Å². The minimum absolute atomic E-state index is 0.0285. The first-order valence-corrected chi connectivity index (χ1v) is 30.3. The quantitative estimate of drug-likeness (QED) is 0.0946. The van der Waals surface area contributed by atoms with Crippen LogP contribution in [0.5, 0.6) is 0 Å². The van der Waals surface area contributed by atoms with Gasteiger partial charge < -0.3 is 28.4 Å². The average Bonchev–Trinajstić information content (AvgIpc) is 1.16. The van der Waals surface area contributed by atoms with Crippen molar-refractivity contribution in [3.05, 3.63) is 190 Å². The Morgan fingerprint density at radius 1 is 0.384 bits per heavy atom. The van der Waals surface area contributed by atoms with Crippen LogP contribution in [0.15, 0.2) is 146 Å². The molecule has 0 saturated heterocycles. The van der Waals surface area contributed by atoms with E-state index in [1.54, 1.807) is 41.9 Å². The SMILES string of the molecule is C=C(C)C(=O)OC1(C)CC(C)(C)c2ccccc21.C=C(C)C(=O)OC1(C)CC(C)(C)c2ccccc21.C=C(C)C(=O)OC1(C)CC(C)(C)c2ccccc21.C=C(C)C(=O)OC1(C)c2ccccc2CCC12CCCCC2.CC.COC.COC(C)=O. The predicted octanol–water partition coefficient (Wildman–Crippen LogP) is 17.5. The van der Waals surface area contributed by atoms with Crippen LogP contribution < -0.4 is 0 Å². The fraction of sp³-hybridized carbons (Fsp3) is 0.507. The Hall–Kier alpha value is -6.85. The van der Waals surface area contributed by atoms with Gasteiger partial charge in [0.2, 0.25) is 0 Å². The van der Waals surface area contributed by atoms with Gasteiger partial charge in [-0.3, -0.25) is 4.79 Å². The number of benzene rings is 4. The fourth-order valence-electron chi connectivity index (χ4n) is 13.3. The number of ether oxygens (including phenoxy) is 6. The first-order chi connectivity index (χ1) is 40.0. The molecule has 5 aliphatic carbocycles. The van der Waals surface area contributed by atoms with E-state index in [9.17, 15) is 24.0 Å². The normalized spacial score (nSPS) is 22.7. The Morgan fingerprint density at radius 3 is 0.919 bits per heavy atom. The molecule has 0 amide bonds. The van der Waals surface area contributed by atoms with Gasteiger partial charge in [-0.15, -0.1) is 0 Å². The van der Waals surface area contributed by atoms with Crippen LogP contribution >= 0.6 is 0 Å². The van der Waals surface area contributed by atoms with E-state index in [1.807, 2.05) is 71.0 Å². The summed E-state index contributed by atoms with van der Waals surface area (Å²) < 4.78 is 31.5. The molecule has 0 aliphatic heterocycles. The molecule has 0 radical (unpaired) electrons. The summed E-state index contributed by atoms with van der Waals surface area (Å²) in [5.41, 5.74) is 9.50. The molecule has 4 aromatic carbocycles. The molecular formula is C75H104O11. The van der Waals surface area contributed by atoms with Gasteiger partial charge in [-0.1, -0.05) is 198 Å². The van der Waals surface area contributed by atoms with E-state index < -0.39 is 22.4 Å². The summed E-state index contributed by atoms with van der Waals surface area (Å²) in [6, 6.07) is 33.1. The number of hydrogen-bond donors (Lipinski definition) is 0. The summed E-state index contributed by atoms with van der Waals surface area (Å²) in [6.07, 6.45) is 10.7. The van der Waals surface area contributed by atoms with Crippen molar-refractivity contribution in [2.24, 2.45) is 5.41 Å². The largest absolute Gasteiger partial charge is 0.469 e. The van der Waals surface area contributed by atoms with Gasteiger partial charge in [0.25, 0.3) is 0 Å². The first kappa shape index (κ1) is 73.4. The zero-order valence-electron chi connectivity index (χ0n) is 56.1. The van der Waals surface area contributed by atoms with Crippen LogP contribution in [0.4, 0.5) is 0 Å². The van der Waals surface area contributed by atoms with Gasteiger partial charge in [-0.05, 0) is 142 Å². The van der Waals surface area contributed by atoms with Crippen LogP contribution in [0.25, 0.3) is 0 Å². The summed E-state index contributed by atoms with van der Waals surface area (Å²) in [4.78, 5) is 57.3. The van der Waals surface area contributed by atoms with Crippen molar-refractivity contribution < 1.29 is 52.4 Å². The molecule has 1 saturated carbocycles. The molecule has 11 nitrogen and oxygen atoms in total. The van der Waals surface area contributed by atoms with E-state index >= 15 is 0 Å². The maximum atomic E-state index is 12.3. The van der Waals surface area contributed by atoms with Gasteiger partial charge in [0.1, 0.15) is 22.4 Å². The average molecular weight is 1180 g/mol. The molecule has 470 valence electrons. The van der Waals surface area contributed by atoms with E-state index in [4.69, 9.17) is 18.9 Å². The first-order valence-electron chi connectivity index (χ1n) is 30.3. The summed E-state index contributed by atoms with van der Waals surface area (Å²) in [5.74, 6) is -1.45. The van der Waals surface area contributed by atoms with Crippen molar-refractivity contribution in [2.45, 2.75) is 221 Å². The number of esters is 5. The third kappa shape index (κ3) is 17.4. The third-order valence-corrected chi connectivity index (χ3v) is 17.2. The van der Waals surface area contributed by atoms with Gasteiger partial charge in [-0.25, -0.2) is 19.2 Å². The molecule has 4 aromatic rings. The zero-order valence-corrected chi connectivity index (χ0v) is 56.1. The van der Waals surface area contributed by atoms with E-state index in [-0.39, 0.29) is 51.5 Å². The summed E-state index contributed by atoms with van der Waals surface area (Å²) in [6.45, 7) is 48.0. The van der Waals surface area contributed by atoms with Crippen molar-refractivity contribution >= 4 is 29.8 Å². The number of fused-ring (bicyclic) bond motifs is 4. The molecule has 4 atom stereocenters. The van der Waals surface area contributed by atoms with E-state index in [1.165, 1.54) is 61.1 Å². The van der Waals surface area contributed by atoms with Gasteiger partial charge in [0.15, 0.2) is 0 Å². The molecule has 11 heteroatoms. The highest BCUT2D eigenvalue weighted by molar-refractivity contribution is 5.89. The number of carbonyl (C=O) groups is 5. The maximum absolute atomic E-state index is 12.3. The molecule has 4 unspecified atom stereocenters. The van der Waals surface area contributed by atoms with Crippen molar-refractivity contribution in [3.8, 4) is 0 Å². The van der Waals surface area contributed by atoms with Gasteiger partial charge in [-0.2, -0.15) is 0 Å². The zero-order chi connectivity index (χ0) is 65.4. The maximum Gasteiger partial charge on any atom is 0.334 e. The number of aryl methyl sites for hydroxylation is 1. The summed E-state index contributed by atoms with van der Waals surface area (Å²) in [5, 5.41) is 0. The summed E-state index contributed by atoms with van der Waals surface area (Å²) in [7, 11) is 4.60. The molecule has 86 heavy (non-hydrogen) atoms. The molecule has 0 bridgehead atoms. The molecule has 0 aromatic heterocycles. The topological polar surface area (TPSA) is 141 Å². The predicted molar refractivity (Wildman–Crippen MR) is 348 cm³/mol. The molecule has 0 heterocycles. The molecule has 5 aliphatic rings. The third-order valence-electron chi connectivity index (χ3n) is 17.2. The van der Waals surface area contributed by atoms with Crippen molar-refractivity contribution in [1.29, 1.82) is 0 Å². The van der Waals surface area contributed by atoms with Crippen LogP contribution in [0.1, 0.15) is 220 Å². The lowest BCUT2D eigenvalue weighted by Gasteiger charge is -2.53. The van der Waals surface area contributed by atoms with E-state index in [0.717, 1.165) is 61.6 Å². The molecule has 1 spiro atoms. The Kier molecular flexibility index (Phi) is 25.8. The Bertz CT molecular complexity index is 2850. The molecule has 1 fully saturated rings. The Balaban J connectivity index is 0.000000286. The minimum Gasteiger partial charge on any atom is -0.469 e. The van der Waals surface area contributed by atoms with Crippen LogP contribution in [0.2, 0.25) is 0 Å². The van der Waals surface area contributed by atoms with Gasteiger partial charge in [0.05, 0.1) is 7.11 Å². The molecule has 9 rings (SSSR count). The van der Waals surface area contributed by atoms with E-state index in [2.05, 4.69) is 145 Å². The van der Waals surface area contributed by atoms with Gasteiger partial charge in [0, 0.05) is 68.1 Å². The van der Waals surface area contributed by atoms with Crippen molar-refractivity contribution in [1.82, 2.24) is 0 Å². The number of carbonyl (C=O) groups excluding carboxylic acids is 5. The highest BCUT2D eigenvalue weighted by Crippen LogP contribution is 2.58. The van der Waals surface area contributed by atoms with Crippen molar-refractivity contribution in [3.63, 3.8) is 0 Å². The van der Waals surface area contributed by atoms with Crippen LogP contribution in [-0.2, 0) is 97.5 Å². The number of hydrogen-bond acceptors (Lipinski definition) is 11. The lowest BCUT2D eigenvalue weighted by atomic mass is 9.56. The standard InChI is InChI=1S/C20H26O2.3C16H20O2.C3H6O2.C2H6O.C2H6/c1-15(2)18(21)22-19(3)17-10-6-5-9-16(17)11-14-20(19)12-7-4-8-13-20;3*1-11(2)14(17)18-16(5)10-15(3,4)12-8-6-7-9-13(12)16;1-3(4)5-2;1-3-2;1-2/h5-6,9-10H,1,4,7-8,11-14H2,2-3H3;3*6-9H,1,10H2,2-5H3;1-2H3;1-2H3;1-2H3. The molecule has 0 N–H and O–H groups in total. The second-order valence-corrected chi connectivity index (χ2v) is 26.3. The summed E-state index contributed by atoms with van der Waals surface area (Å²) >= 11 is 0.